The molecule has 1 aromatic rings. The molecule has 12 heavy (non-hydrogen) atoms. The molecule has 0 aliphatic heterocycles. The van der Waals surface area contributed by atoms with Crippen LogP contribution >= 0.6 is 11.8 Å². The average molecular weight is 186 g/mol. The number of hydrogen-bond donors (Lipinski definition) is 1. The highest BCUT2D eigenvalue weighted by Gasteiger charge is 2.08. The molecule has 0 aromatic carbocycles. The van der Waals surface area contributed by atoms with Crippen LogP contribution in [0.2, 0.25) is 0 Å². The van der Waals surface area contributed by atoms with Crippen molar-refractivity contribution in [2.45, 2.75) is 19.4 Å². The second-order valence-electron chi connectivity index (χ2n) is 2.69. The van der Waals surface area contributed by atoms with Crippen LogP contribution in [0.3, 0.4) is 0 Å². The van der Waals surface area contributed by atoms with Gasteiger partial charge in [0.05, 0.1) is 0 Å². The van der Waals surface area contributed by atoms with Gasteiger partial charge in [0.1, 0.15) is 0 Å². The maximum atomic E-state index is 11.2. The summed E-state index contributed by atoms with van der Waals surface area (Å²) in [6.45, 7) is 2.10. The lowest BCUT2D eigenvalue weighted by Gasteiger charge is -2.13. The van der Waals surface area contributed by atoms with Crippen molar-refractivity contribution in [2.24, 2.45) is 0 Å². The SMILES string of the molecule is CCC(CSC)n1cc[nH]c1=O. The van der Waals surface area contributed by atoms with Crippen molar-refractivity contribution in [2.75, 3.05) is 12.0 Å². The van der Waals surface area contributed by atoms with Crippen molar-refractivity contribution < 1.29 is 0 Å². The Balaban J connectivity index is 2.79. The maximum Gasteiger partial charge on any atom is 0.325 e. The van der Waals surface area contributed by atoms with E-state index in [9.17, 15) is 4.79 Å². The zero-order chi connectivity index (χ0) is 8.97. The number of H-pyrrole nitrogens is 1. The summed E-state index contributed by atoms with van der Waals surface area (Å²) < 4.78 is 1.76. The van der Waals surface area contributed by atoms with E-state index in [2.05, 4.69) is 18.2 Å². The van der Waals surface area contributed by atoms with E-state index in [1.54, 1.807) is 22.5 Å². The molecular formula is C8H14N2OS. The molecular weight excluding hydrogens is 172 g/mol. The molecule has 0 amide bonds. The minimum atomic E-state index is -0.00380. The van der Waals surface area contributed by atoms with Crippen LogP contribution in [-0.2, 0) is 0 Å². The van der Waals surface area contributed by atoms with E-state index in [1.807, 2.05) is 6.20 Å². The van der Waals surface area contributed by atoms with Gasteiger partial charge in [-0.2, -0.15) is 11.8 Å². The minimum absolute atomic E-state index is 0.00380. The molecule has 1 unspecified atom stereocenters. The number of rotatable bonds is 4. The highest BCUT2D eigenvalue weighted by atomic mass is 32.2. The van der Waals surface area contributed by atoms with Crippen LogP contribution in [0, 0.1) is 0 Å². The summed E-state index contributed by atoms with van der Waals surface area (Å²) >= 11 is 1.77. The van der Waals surface area contributed by atoms with Crippen LogP contribution in [0.15, 0.2) is 17.2 Å². The molecule has 0 aliphatic carbocycles. The first kappa shape index (κ1) is 9.45. The van der Waals surface area contributed by atoms with Gasteiger partial charge in [-0.05, 0) is 12.7 Å². The monoisotopic (exact) mass is 186 g/mol. The van der Waals surface area contributed by atoms with Crippen molar-refractivity contribution in [3.63, 3.8) is 0 Å². The van der Waals surface area contributed by atoms with E-state index < -0.39 is 0 Å². The van der Waals surface area contributed by atoms with Crippen LogP contribution in [0.1, 0.15) is 19.4 Å². The van der Waals surface area contributed by atoms with E-state index in [0.717, 1.165) is 12.2 Å². The van der Waals surface area contributed by atoms with Gasteiger partial charge in [-0.3, -0.25) is 4.57 Å². The summed E-state index contributed by atoms with van der Waals surface area (Å²) in [6.07, 6.45) is 6.55. The van der Waals surface area contributed by atoms with Crippen molar-refractivity contribution in [3.8, 4) is 0 Å². The summed E-state index contributed by atoms with van der Waals surface area (Å²) in [4.78, 5) is 13.8. The van der Waals surface area contributed by atoms with E-state index in [-0.39, 0.29) is 5.69 Å². The lowest BCUT2D eigenvalue weighted by Crippen LogP contribution is -2.22. The summed E-state index contributed by atoms with van der Waals surface area (Å²) in [5, 5.41) is 0. The van der Waals surface area contributed by atoms with Crippen LogP contribution in [-0.4, -0.2) is 21.6 Å². The van der Waals surface area contributed by atoms with Crippen molar-refractivity contribution in [1.29, 1.82) is 0 Å². The first-order valence-electron chi connectivity index (χ1n) is 4.04. The topological polar surface area (TPSA) is 37.8 Å². The van der Waals surface area contributed by atoms with Crippen molar-refractivity contribution in [3.05, 3.63) is 22.9 Å². The molecule has 0 saturated heterocycles. The van der Waals surface area contributed by atoms with E-state index in [1.165, 1.54) is 0 Å². The van der Waals surface area contributed by atoms with E-state index >= 15 is 0 Å². The number of aromatic nitrogens is 2. The Morgan fingerprint density at radius 3 is 2.92 bits per heavy atom. The first-order chi connectivity index (χ1) is 5.79. The summed E-state index contributed by atoms with van der Waals surface area (Å²) in [5.41, 5.74) is -0.00380. The Hall–Kier alpha value is -0.640. The van der Waals surface area contributed by atoms with Gasteiger partial charge in [0.25, 0.3) is 0 Å². The molecule has 1 N–H and O–H groups in total. The molecule has 0 spiro atoms. The lowest BCUT2D eigenvalue weighted by molar-refractivity contribution is 0.524. The normalized spacial score (nSPS) is 13.2. The van der Waals surface area contributed by atoms with Gasteiger partial charge in [-0.15, -0.1) is 0 Å². The van der Waals surface area contributed by atoms with Crippen LogP contribution in [0.5, 0.6) is 0 Å². The van der Waals surface area contributed by atoms with Crippen molar-refractivity contribution >= 4 is 11.8 Å². The summed E-state index contributed by atoms with van der Waals surface area (Å²) in [7, 11) is 0. The first-order valence-corrected chi connectivity index (χ1v) is 5.43. The Kier molecular flexibility index (Phi) is 3.47. The number of hydrogen-bond acceptors (Lipinski definition) is 2. The Bertz CT molecular complexity index is 279. The molecule has 0 saturated carbocycles. The number of nitrogens with one attached hydrogen (secondary N) is 1. The highest BCUT2D eigenvalue weighted by Crippen LogP contribution is 2.13. The lowest BCUT2D eigenvalue weighted by atomic mass is 10.2. The van der Waals surface area contributed by atoms with E-state index in [0.29, 0.717) is 6.04 Å². The molecule has 4 heteroatoms. The van der Waals surface area contributed by atoms with Gasteiger partial charge in [0, 0.05) is 24.2 Å². The predicted octanol–water partition coefficient (Wildman–Crippen LogP) is 1.49. The fourth-order valence-electron chi connectivity index (χ4n) is 1.21. The second kappa shape index (κ2) is 4.40. The standard InChI is InChI=1S/C8H14N2OS/c1-3-7(6-12-2)10-5-4-9-8(10)11/h4-5,7H,3,6H2,1-2H3,(H,9,11). The quantitative estimate of drug-likeness (QED) is 0.773. The van der Waals surface area contributed by atoms with E-state index in [4.69, 9.17) is 0 Å². The largest absolute Gasteiger partial charge is 0.325 e. The number of imidazole rings is 1. The third-order valence-electron chi connectivity index (χ3n) is 1.90. The maximum absolute atomic E-state index is 11.2. The van der Waals surface area contributed by atoms with Gasteiger partial charge in [-0.1, -0.05) is 6.92 Å². The zero-order valence-electron chi connectivity index (χ0n) is 7.41. The third-order valence-corrected chi connectivity index (χ3v) is 2.62. The van der Waals surface area contributed by atoms with Gasteiger partial charge in [-0.25, -0.2) is 4.79 Å². The molecule has 1 atom stereocenters. The van der Waals surface area contributed by atoms with Crippen LogP contribution < -0.4 is 5.69 Å². The average Bonchev–Trinajstić information content (AvgIpc) is 2.47. The Morgan fingerprint density at radius 1 is 1.75 bits per heavy atom. The van der Waals surface area contributed by atoms with Crippen molar-refractivity contribution in [1.82, 2.24) is 9.55 Å². The molecule has 0 radical (unpaired) electrons. The molecule has 0 fully saturated rings. The molecule has 1 heterocycles. The molecule has 0 aliphatic rings. The van der Waals surface area contributed by atoms with Gasteiger partial charge >= 0.3 is 5.69 Å². The van der Waals surface area contributed by atoms with Gasteiger partial charge in [0.15, 0.2) is 0 Å². The summed E-state index contributed by atoms with van der Waals surface area (Å²) in [5.74, 6) is 0.994. The number of nitrogens with zero attached hydrogens (tertiary/aromatic N) is 1. The molecule has 3 nitrogen and oxygen atoms in total. The number of aromatic amines is 1. The summed E-state index contributed by atoms with van der Waals surface area (Å²) in [6, 6.07) is 0.332. The van der Waals surface area contributed by atoms with Gasteiger partial charge in [0.2, 0.25) is 0 Å². The fourth-order valence-corrected chi connectivity index (χ4v) is 1.99. The smallest absolute Gasteiger partial charge is 0.313 e. The minimum Gasteiger partial charge on any atom is -0.313 e. The van der Waals surface area contributed by atoms with Crippen LogP contribution in [0.25, 0.3) is 0 Å². The third kappa shape index (κ3) is 1.94. The molecule has 0 bridgehead atoms. The predicted molar refractivity (Wildman–Crippen MR) is 52.8 cm³/mol. The molecule has 1 rings (SSSR count). The Morgan fingerprint density at radius 2 is 2.50 bits per heavy atom. The highest BCUT2D eigenvalue weighted by molar-refractivity contribution is 7.98. The second-order valence-corrected chi connectivity index (χ2v) is 3.60. The number of thioether (sulfide) groups is 1. The molecule has 68 valence electrons. The van der Waals surface area contributed by atoms with Gasteiger partial charge < -0.3 is 4.98 Å². The molecule has 1 aromatic heterocycles. The Labute approximate surface area is 76.2 Å². The zero-order valence-corrected chi connectivity index (χ0v) is 8.23. The fraction of sp³-hybridized carbons (Fsp3) is 0.625. The van der Waals surface area contributed by atoms with Crippen LogP contribution in [0.4, 0.5) is 0 Å².